The average molecular weight is 724 g/mol. The minimum absolute atomic E-state index is 0.0217. The first-order valence-electron chi connectivity index (χ1n) is 16.6. The number of halogens is 2. The summed E-state index contributed by atoms with van der Waals surface area (Å²) in [6, 6.07) is 14.7. The van der Waals surface area contributed by atoms with Gasteiger partial charge in [-0.15, -0.1) is 0 Å². The molecule has 0 bridgehead atoms. The van der Waals surface area contributed by atoms with E-state index in [1.807, 2.05) is 0 Å². The van der Waals surface area contributed by atoms with Gasteiger partial charge in [-0.1, -0.05) is 12.1 Å². The zero-order valence-corrected chi connectivity index (χ0v) is 29.0. The number of amides is 2. The van der Waals surface area contributed by atoms with Gasteiger partial charge in [-0.3, -0.25) is 14.6 Å². The molecule has 4 aromatic rings. The fourth-order valence-electron chi connectivity index (χ4n) is 5.98. The zero-order valence-electron chi connectivity index (χ0n) is 28.2. The molecule has 1 aliphatic carbocycles. The van der Waals surface area contributed by atoms with Gasteiger partial charge < -0.3 is 29.7 Å². The lowest BCUT2D eigenvalue weighted by molar-refractivity contribution is -0.131. The average Bonchev–Trinajstić information content (AvgIpc) is 3.92. The molecule has 270 valence electrons. The van der Waals surface area contributed by atoms with Gasteiger partial charge in [-0.25, -0.2) is 21.9 Å². The summed E-state index contributed by atoms with van der Waals surface area (Å²) in [7, 11) is -1.68. The largest absolute Gasteiger partial charge is 0.493 e. The number of carbonyl (C=O) groups excluding carboxylic acids is 2. The number of sulfonamides is 1. The summed E-state index contributed by atoms with van der Waals surface area (Å²) in [6.07, 6.45) is 5.06. The SMILES string of the molecule is COc1cc2c(Oc3ccc(NC(=O)C4(C(=O)Nc5ccccc5F)CC4)cc3F)ccnc2cc1OCC1CCN(CCNS(C)(=O)=O)CC1. The van der Waals surface area contributed by atoms with Gasteiger partial charge in [0.15, 0.2) is 23.1 Å². The summed E-state index contributed by atoms with van der Waals surface area (Å²) >= 11 is 0. The zero-order chi connectivity index (χ0) is 36.2. The van der Waals surface area contributed by atoms with Gasteiger partial charge in [0.1, 0.15) is 17.0 Å². The van der Waals surface area contributed by atoms with Crippen LogP contribution >= 0.6 is 0 Å². The number of ether oxygens (including phenoxy) is 3. The Morgan fingerprint density at radius 1 is 0.922 bits per heavy atom. The predicted octanol–water partition coefficient (Wildman–Crippen LogP) is 5.31. The van der Waals surface area contributed by atoms with E-state index in [-0.39, 0.29) is 30.0 Å². The van der Waals surface area contributed by atoms with Gasteiger partial charge in [-0.05, 0) is 81.1 Å². The van der Waals surface area contributed by atoms with E-state index >= 15 is 4.39 Å². The number of carbonyl (C=O) groups is 2. The third kappa shape index (κ3) is 8.72. The number of piperidine rings is 1. The van der Waals surface area contributed by atoms with Crippen molar-refractivity contribution in [2.75, 3.05) is 56.8 Å². The lowest BCUT2D eigenvalue weighted by Gasteiger charge is -2.31. The Hall–Kier alpha value is -4.86. The second-order valence-corrected chi connectivity index (χ2v) is 14.6. The van der Waals surface area contributed by atoms with Gasteiger partial charge in [0, 0.05) is 42.5 Å². The highest BCUT2D eigenvalue weighted by Crippen LogP contribution is 2.48. The minimum atomic E-state index is -3.20. The Labute approximate surface area is 294 Å². The van der Waals surface area contributed by atoms with Gasteiger partial charge in [-0.2, -0.15) is 0 Å². The number of methoxy groups -OCH3 is 1. The van der Waals surface area contributed by atoms with Crippen molar-refractivity contribution >= 4 is 44.1 Å². The van der Waals surface area contributed by atoms with Gasteiger partial charge in [0.05, 0.1) is 31.2 Å². The molecule has 0 radical (unpaired) electrons. The molecule has 1 saturated carbocycles. The lowest BCUT2D eigenvalue weighted by Crippen LogP contribution is -2.40. The number of likely N-dealkylation sites (tertiary alicyclic amines) is 1. The molecule has 1 saturated heterocycles. The van der Waals surface area contributed by atoms with E-state index < -0.39 is 38.9 Å². The van der Waals surface area contributed by atoms with Crippen molar-refractivity contribution in [2.45, 2.75) is 25.7 Å². The molecule has 1 aromatic heterocycles. The second kappa shape index (κ2) is 15.2. The molecule has 51 heavy (non-hydrogen) atoms. The molecular formula is C36H39F2N5O7S. The maximum Gasteiger partial charge on any atom is 0.240 e. The molecule has 6 rings (SSSR count). The first-order chi connectivity index (χ1) is 24.4. The van der Waals surface area contributed by atoms with E-state index in [0.717, 1.165) is 38.3 Å². The van der Waals surface area contributed by atoms with Crippen LogP contribution in [0, 0.1) is 23.0 Å². The standard InChI is InChI=1S/C36H39F2N5O7S/c1-48-32-20-25-29(21-33(32)49-22-23-10-16-43(17-11-23)18-15-40-51(2,46)47)39-14-9-30(25)50-31-8-7-24(19-27(31)38)41-34(44)36(12-13-36)35(45)42-28-6-4-3-5-26(28)37/h3-9,14,19-21,23,40H,10-13,15-18,22H2,1-2H3,(H,41,44)(H,42,45). The van der Waals surface area contributed by atoms with Crippen molar-refractivity contribution < 1.29 is 41.0 Å². The van der Waals surface area contributed by atoms with Crippen LogP contribution in [0.15, 0.2) is 66.9 Å². The number of anilines is 2. The van der Waals surface area contributed by atoms with E-state index in [1.165, 1.54) is 43.6 Å². The molecular weight excluding hydrogens is 684 g/mol. The van der Waals surface area contributed by atoms with E-state index in [0.29, 0.717) is 53.8 Å². The lowest BCUT2D eigenvalue weighted by atomic mass is 9.98. The first kappa shape index (κ1) is 35.9. The number of hydrogen-bond donors (Lipinski definition) is 3. The monoisotopic (exact) mass is 723 g/mol. The van der Waals surface area contributed by atoms with Crippen LogP contribution in [0.4, 0.5) is 20.2 Å². The van der Waals surface area contributed by atoms with Crippen molar-refractivity contribution in [3.8, 4) is 23.0 Å². The normalized spacial score (nSPS) is 16.0. The van der Waals surface area contributed by atoms with E-state index in [2.05, 4.69) is 25.2 Å². The van der Waals surface area contributed by atoms with E-state index in [4.69, 9.17) is 14.2 Å². The number of para-hydroxylation sites is 1. The number of hydrogen-bond acceptors (Lipinski definition) is 9. The minimum Gasteiger partial charge on any atom is -0.493 e. The first-order valence-corrected chi connectivity index (χ1v) is 18.4. The molecule has 0 unspecified atom stereocenters. The fraction of sp³-hybridized carbons (Fsp3) is 0.361. The molecule has 2 amide bonds. The Morgan fingerprint density at radius 3 is 2.35 bits per heavy atom. The van der Waals surface area contributed by atoms with Gasteiger partial charge >= 0.3 is 0 Å². The van der Waals surface area contributed by atoms with Crippen LogP contribution in [0.2, 0.25) is 0 Å². The summed E-state index contributed by atoms with van der Waals surface area (Å²) in [5.41, 5.74) is -0.715. The highest BCUT2D eigenvalue weighted by atomic mass is 32.2. The topological polar surface area (TPSA) is 148 Å². The van der Waals surface area contributed by atoms with Crippen LogP contribution in [0.3, 0.4) is 0 Å². The summed E-state index contributed by atoms with van der Waals surface area (Å²) < 4.78 is 72.3. The maximum atomic E-state index is 15.3. The second-order valence-electron chi connectivity index (χ2n) is 12.8. The molecule has 1 aliphatic heterocycles. The van der Waals surface area contributed by atoms with Crippen molar-refractivity contribution in [1.82, 2.24) is 14.6 Å². The number of rotatable bonds is 14. The van der Waals surface area contributed by atoms with Crippen molar-refractivity contribution in [3.63, 3.8) is 0 Å². The van der Waals surface area contributed by atoms with Crippen LogP contribution in [-0.4, -0.2) is 76.3 Å². The van der Waals surface area contributed by atoms with Crippen LogP contribution in [0.5, 0.6) is 23.0 Å². The Balaban J connectivity index is 1.07. The molecule has 2 heterocycles. The van der Waals surface area contributed by atoms with Crippen LogP contribution in [0.1, 0.15) is 25.7 Å². The number of aromatic nitrogens is 1. The van der Waals surface area contributed by atoms with Gasteiger partial charge in [0.2, 0.25) is 21.8 Å². The van der Waals surface area contributed by atoms with E-state index in [1.54, 1.807) is 24.3 Å². The van der Waals surface area contributed by atoms with Crippen LogP contribution in [0.25, 0.3) is 10.9 Å². The maximum absolute atomic E-state index is 15.3. The number of benzene rings is 3. The molecule has 15 heteroatoms. The summed E-state index contributed by atoms with van der Waals surface area (Å²) in [6.45, 7) is 3.19. The Bertz CT molecular complexity index is 2040. The fourth-order valence-corrected chi connectivity index (χ4v) is 6.44. The van der Waals surface area contributed by atoms with E-state index in [9.17, 15) is 22.4 Å². The number of nitrogens with zero attached hydrogens (tertiary/aromatic N) is 2. The molecule has 0 atom stereocenters. The quantitative estimate of drug-likeness (QED) is 0.147. The number of pyridine rings is 1. The molecule has 2 aliphatic rings. The van der Waals surface area contributed by atoms with Crippen molar-refractivity contribution in [3.05, 3.63) is 78.5 Å². The number of fused-ring (bicyclic) bond motifs is 1. The predicted molar refractivity (Wildman–Crippen MR) is 188 cm³/mol. The number of nitrogens with one attached hydrogen (secondary N) is 3. The third-order valence-corrected chi connectivity index (χ3v) is 9.84. The van der Waals surface area contributed by atoms with Crippen LogP contribution in [-0.2, 0) is 19.6 Å². The van der Waals surface area contributed by atoms with Gasteiger partial charge in [0.25, 0.3) is 0 Å². The molecule has 12 nitrogen and oxygen atoms in total. The third-order valence-electron chi connectivity index (χ3n) is 9.11. The van der Waals surface area contributed by atoms with Crippen LogP contribution < -0.4 is 29.6 Å². The summed E-state index contributed by atoms with van der Waals surface area (Å²) in [4.78, 5) is 32.6. The highest BCUT2D eigenvalue weighted by Gasteiger charge is 2.56. The van der Waals surface area contributed by atoms with Crippen molar-refractivity contribution in [1.29, 1.82) is 0 Å². The van der Waals surface area contributed by atoms with Crippen molar-refractivity contribution in [2.24, 2.45) is 11.3 Å². The molecule has 0 spiro atoms. The highest BCUT2D eigenvalue weighted by molar-refractivity contribution is 7.88. The molecule has 3 N–H and O–H groups in total. The molecule has 3 aromatic carbocycles. The smallest absolute Gasteiger partial charge is 0.240 e. The summed E-state index contributed by atoms with van der Waals surface area (Å²) in [5, 5.41) is 5.64. The summed E-state index contributed by atoms with van der Waals surface area (Å²) in [5.74, 6) is -1.10. The molecule has 2 fully saturated rings. The Kier molecular flexibility index (Phi) is 10.7. The Morgan fingerprint density at radius 2 is 1.67 bits per heavy atom.